The molecule has 0 N–H and O–H groups in total. The van der Waals surface area contributed by atoms with Crippen molar-refractivity contribution in [1.29, 1.82) is 0 Å². The number of rotatable bonds is 2. The standard InChI is InChI=1S/C8H14NO/c1-2-3-4-8-7-10-6-5-9-8/h2-3,8H,4-7H2,1H3/b3-2+. The Labute approximate surface area is 62.3 Å². The van der Waals surface area contributed by atoms with Crippen LogP contribution in [-0.2, 0) is 4.74 Å². The van der Waals surface area contributed by atoms with Crippen LogP contribution in [0.5, 0.6) is 0 Å². The fourth-order valence-corrected chi connectivity index (χ4v) is 1.01. The lowest BCUT2D eigenvalue weighted by Crippen LogP contribution is -2.35. The van der Waals surface area contributed by atoms with Crippen LogP contribution in [0.3, 0.4) is 0 Å². The Morgan fingerprint density at radius 1 is 1.70 bits per heavy atom. The highest BCUT2D eigenvalue weighted by molar-refractivity contribution is 4.84. The van der Waals surface area contributed by atoms with Gasteiger partial charge in [-0.3, -0.25) is 0 Å². The van der Waals surface area contributed by atoms with Crippen LogP contribution in [0.2, 0.25) is 0 Å². The molecule has 0 aromatic heterocycles. The summed E-state index contributed by atoms with van der Waals surface area (Å²) in [5.74, 6) is 0. The van der Waals surface area contributed by atoms with E-state index in [2.05, 4.69) is 17.5 Å². The second-order valence-electron chi connectivity index (χ2n) is 2.44. The molecular formula is C8H14NO. The molecule has 57 valence electrons. The van der Waals surface area contributed by atoms with Gasteiger partial charge in [-0.25, -0.2) is 5.32 Å². The van der Waals surface area contributed by atoms with Gasteiger partial charge in [0.1, 0.15) is 0 Å². The smallest absolute Gasteiger partial charge is 0.0639 e. The fraction of sp³-hybridized carbons (Fsp3) is 0.750. The minimum Gasteiger partial charge on any atom is -0.378 e. The van der Waals surface area contributed by atoms with Gasteiger partial charge in [-0.15, -0.1) is 0 Å². The van der Waals surface area contributed by atoms with E-state index in [-0.39, 0.29) is 0 Å². The molecule has 1 saturated heterocycles. The van der Waals surface area contributed by atoms with E-state index in [9.17, 15) is 0 Å². The molecule has 0 spiro atoms. The van der Waals surface area contributed by atoms with E-state index in [0.717, 1.165) is 26.2 Å². The highest BCUT2D eigenvalue weighted by atomic mass is 16.5. The third-order valence-electron chi connectivity index (χ3n) is 1.58. The average molecular weight is 140 g/mol. The van der Waals surface area contributed by atoms with E-state index in [1.807, 2.05) is 6.92 Å². The summed E-state index contributed by atoms with van der Waals surface area (Å²) in [4.78, 5) is 0. The quantitative estimate of drug-likeness (QED) is 0.524. The first-order chi connectivity index (χ1) is 4.93. The molecule has 10 heavy (non-hydrogen) atoms. The van der Waals surface area contributed by atoms with Crippen molar-refractivity contribution in [3.63, 3.8) is 0 Å². The molecule has 2 nitrogen and oxygen atoms in total. The van der Waals surface area contributed by atoms with E-state index in [1.54, 1.807) is 0 Å². The third-order valence-corrected chi connectivity index (χ3v) is 1.58. The van der Waals surface area contributed by atoms with Crippen LogP contribution < -0.4 is 5.32 Å². The second-order valence-corrected chi connectivity index (χ2v) is 2.44. The summed E-state index contributed by atoms with van der Waals surface area (Å²) in [7, 11) is 0. The highest BCUT2D eigenvalue weighted by Crippen LogP contribution is 2.00. The molecule has 0 aromatic carbocycles. The van der Waals surface area contributed by atoms with Crippen molar-refractivity contribution in [3.8, 4) is 0 Å². The van der Waals surface area contributed by atoms with Crippen molar-refractivity contribution in [1.82, 2.24) is 5.32 Å². The molecule has 2 heteroatoms. The highest BCUT2D eigenvalue weighted by Gasteiger charge is 2.11. The zero-order valence-electron chi connectivity index (χ0n) is 6.42. The molecule has 0 aromatic rings. The molecular weight excluding hydrogens is 126 g/mol. The number of nitrogens with zero attached hydrogens (tertiary/aromatic N) is 1. The van der Waals surface area contributed by atoms with Gasteiger partial charge in [-0.05, 0) is 13.3 Å². The van der Waals surface area contributed by atoms with Crippen molar-refractivity contribution in [2.24, 2.45) is 0 Å². The molecule has 1 atom stereocenters. The SMILES string of the molecule is C/C=C/CC1COCC[N]1. The molecule has 0 amide bonds. The Bertz CT molecular complexity index is 106. The minimum absolute atomic E-state index is 0.421. The Hall–Kier alpha value is -0.340. The Balaban J connectivity index is 2.13. The first-order valence-corrected chi connectivity index (χ1v) is 3.79. The first-order valence-electron chi connectivity index (χ1n) is 3.79. The lowest BCUT2D eigenvalue weighted by molar-refractivity contribution is 0.0755. The van der Waals surface area contributed by atoms with Crippen molar-refractivity contribution in [2.45, 2.75) is 19.4 Å². The molecule has 1 aliphatic heterocycles. The fourth-order valence-electron chi connectivity index (χ4n) is 1.01. The number of hydrogen-bond acceptors (Lipinski definition) is 1. The molecule has 0 aliphatic carbocycles. The number of ether oxygens (including phenoxy) is 1. The predicted octanol–water partition coefficient (Wildman–Crippen LogP) is 0.956. The monoisotopic (exact) mass is 140 g/mol. The molecule has 0 bridgehead atoms. The van der Waals surface area contributed by atoms with Crippen LogP contribution in [0.1, 0.15) is 13.3 Å². The van der Waals surface area contributed by atoms with Crippen molar-refractivity contribution in [3.05, 3.63) is 12.2 Å². The van der Waals surface area contributed by atoms with Gasteiger partial charge in [0.05, 0.1) is 19.3 Å². The maximum Gasteiger partial charge on any atom is 0.0639 e. The van der Waals surface area contributed by atoms with Gasteiger partial charge in [-0.1, -0.05) is 12.2 Å². The van der Waals surface area contributed by atoms with Gasteiger partial charge in [-0.2, -0.15) is 0 Å². The van der Waals surface area contributed by atoms with E-state index in [4.69, 9.17) is 4.74 Å². The van der Waals surface area contributed by atoms with E-state index < -0.39 is 0 Å². The van der Waals surface area contributed by atoms with Crippen LogP contribution >= 0.6 is 0 Å². The normalized spacial score (nSPS) is 27.5. The summed E-state index contributed by atoms with van der Waals surface area (Å²) in [6.45, 7) is 4.53. The van der Waals surface area contributed by atoms with E-state index in [1.165, 1.54) is 0 Å². The van der Waals surface area contributed by atoms with Gasteiger partial charge in [0.25, 0.3) is 0 Å². The third kappa shape index (κ3) is 2.50. The summed E-state index contributed by atoms with van der Waals surface area (Å²) < 4.78 is 5.25. The second kappa shape index (κ2) is 4.47. The lowest BCUT2D eigenvalue weighted by Gasteiger charge is -2.20. The predicted molar refractivity (Wildman–Crippen MR) is 41.0 cm³/mol. The van der Waals surface area contributed by atoms with Crippen LogP contribution in [0, 0.1) is 0 Å². The molecule has 1 rings (SSSR count). The van der Waals surface area contributed by atoms with Crippen LogP contribution in [0.25, 0.3) is 0 Å². The van der Waals surface area contributed by atoms with Crippen LogP contribution in [-0.4, -0.2) is 25.8 Å². The molecule has 1 heterocycles. The lowest BCUT2D eigenvalue weighted by atomic mass is 10.2. The van der Waals surface area contributed by atoms with Gasteiger partial charge in [0.2, 0.25) is 0 Å². The Morgan fingerprint density at radius 2 is 2.60 bits per heavy atom. The Kier molecular flexibility index (Phi) is 3.47. The summed E-state index contributed by atoms with van der Waals surface area (Å²) in [6.07, 6.45) is 5.24. The van der Waals surface area contributed by atoms with E-state index in [0.29, 0.717) is 6.04 Å². The van der Waals surface area contributed by atoms with Crippen LogP contribution in [0.4, 0.5) is 0 Å². The molecule has 1 fully saturated rings. The average Bonchev–Trinajstić information content (AvgIpc) is 2.03. The Morgan fingerprint density at radius 3 is 3.20 bits per heavy atom. The largest absolute Gasteiger partial charge is 0.378 e. The number of morpholine rings is 1. The van der Waals surface area contributed by atoms with Crippen molar-refractivity contribution >= 4 is 0 Å². The number of allylic oxidation sites excluding steroid dienone is 1. The molecule has 1 unspecified atom stereocenters. The minimum atomic E-state index is 0.421. The summed E-state index contributed by atoms with van der Waals surface area (Å²) >= 11 is 0. The maximum absolute atomic E-state index is 5.25. The van der Waals surface area contributed by atoms with Gasteiger partial charge in [0.15, 0.2) is 0 Å². The molecule has 1 radical (unpaired) electrons. The topological polar surface area (TPSA) is 23.3 Å². The van der Waals surface area contributed by atoms with Gasteiger partial charge in [0, 0.05) is 6.54 Å². The van der Waals surface area contributed by atoms with Crippen molar-refractivity contribution in [2.75, 3.05) is 19.8 Å². The van der Waals surface area contributed by atoms with Crippen molar-refractivity contribution < 1.29 is 4.74 Å². The molecule has 0 saturated carbocycles. The summed E-state index contributed by atoms with van der Waals surface area (Å²) in [5.41, 5.74) is 0. The zero-order valence-corrected chi connectivity index (χ0v) is 6.42. The number of hydrogen-bond donors (Lipinski definition) is 0. The van der Waals surface area contributed by atoms with E-state index >= 15 is 0 Å². The summed E-state index contributed by atoms with van der Waals surface area (Å²) in [5, 5.41) is 4.39. The zero-order chi connectivity index (χ0) is 7.23. The summed E-state index contributed by atoms with van der Waals surface area (Å²) in [6, 6.07) is 0.421. The maximum atomic E-state index is 5.25. The van der Waals surface area contributed by atoms with Crippen LogP contribution in [0.15, 0.2) is 12.2 Å². The van der Waals surface area contributed by atoms with Gasteiger partial charge < -0.3 is 4.74 Å². The first kappa shape index (κ1) is 7.76. The molecule has 1 aliphatic rings. The van der Waals surface area contributed by atoms with Gasteiger partial charge >= 0.3 is 0 Å².